The molecular formula is C8H8F2N2. The maximum Gasteiger partial charge on any atom is 0.280 e. The number of pyridine rings is 1. The molecule has 0 atom stereocenters. The summed E-state index contributed by atoms with van der Waals surface area (Å²) in [5, 5.41) is 7.17. The second kappa shape index (κ2) is 3.38. The molecule has 0 unspecified atom stereocenters. The molecule has 0 radical (unpaired) electrons. The van der Waals surface area contributed by atoms with Gasteiger partial charge in [-0.1, -0.05) is 6.07 Å². The van der Waals surface area contributed by atoms with Gasteiger partial charge in [-0.2, -0.15) is 0 Å². The Hall–Kier alpha value is -1.32. The van der Waals surface area contributed by atoms with Gasteiger partial charge in [-0.15, -0.1) is 0 Å². The first-order valence-electron chi connectivity index (χ1n) is 3.42. The highest BCUT2D eigenvalue weighted by molar-refractivity contribution is 5.94. The van der Waals surface area contributed by atoms with Crippen LogP contribution in [-0.4, -0.2) is 10.7 Å². The van der Waals surface area contributed by atoms with Crippen LogP contribution in [0.2, 0.25) is 0 Å². The SMILES string of the molecule is CC(=N)c1cccc(C(F)F)n1. The molecule has 1 aromatic rings. The van der Waals surface area contributed by atoms with Crippen molar-refractivity contribution in [3.8, 4) is 0 Å². The van der Waals surface area contributed by atoms with E-state index in [0.717, 1.165) is 0 Å². The number of nitrogens with zero attached hydrogens (tertiary/aromatic N) is 1. The van der Waals surface area contributed by atoms with E-state index in [4.69, 9.17) is 5.41 Å². The van der Waals surface area contributed by atoms with Crippen LogP contribution in [0.15, 0.2) is 18.2 Å². The third-order valence-corrected chi connectivity index (χ3v) is 1.38. The summed E-state index contributed by atoms with van der Waals surface area (Å²) in [6.07, 6.45) is -2.57. The molecule has 0 fully saturated rings. The summed E-state index contributed by atoms with van der Waals surface area (Å²) in [6, 6.07) is 4.26. The van der Waals surface area contributed by atoms with E-state index in [-0.39, 0.29) is 11.4 Å². The van der Waals surface area contributed by atoms with Crippen molar-refractivity contribution in [3.63, 3.8) is 0 Å². The van der Waals surface area contributed by atoms with E-state index in [2.05, 4.69) is 4.98 Å². The number of halogens is 2. The Labute approximate surface area is 68.8 Å². The molecule has 0 aliphatic rings. The molecule has 0 aromatic carbocycles. The topological polar surface area (TPSA) is 36.7 Å². The van der Waals surface area contributed by atoms with Crippen molar-refractivity contribution in [3.05, 3.63) is 29.6 Å². The molecule has 1 N–H and O–H groups in total. The van der Waals surface area contributed by atoms with Gasteiger partial charge in [-0.3, -0.25) is 0 Å². The Morgan fingerprint density at radius 3 is 2.67 bits per heavy atom. The minimum absolute atomic E-state index is 0.192. The highest BCUT2D eigenvalue weighted by Gasteiger charge is 2.08. The van der Waals surface area contributed by atoms with Crippen molar-refractivity contribution >= 4 is 5.71 Å². The summed E-state index contributed by atoms with van der Waals surface area (Å²) in [5.41, 5.74) is 0.212. The van der Waals surface area contributed by atoms with Crippen LogP contribution in [0.3, 0.4) is 0 Å². The van der Waals surface area contributed by atoms with E-state index in [1.807, 2.05) is 0 Å². The zero-order chi connectivity index (χ0) is 9.14. The molecule has 0 aliphatic carbocycles. The highest BCUT2D eigenvalue weighted by atomic mass is 19.3. The predicted octanol–water partition coefficient (Wildman–Crippen LogP) is 2.41. The van der Waals surface area contributed by atoms with Crippen LogP contribution in [-0.2, 0) is 0 Å². The minimum atomic E-state index is -2.57. The molecule has 2 nitrogen and oxygen atoms in total. The van der Waals surface area contributed by atoms with Crippen LogP contribution in [0.4, 0.5) is 8.78 Å². The van der Waals surface area contributed by atoms with Crippen molar-refractivity contribution in [2.24, 2.45) is 0 Å². The lowest BCUT2D eigenvalue weighted by Crippen LogP contribution is -1.99. The highest BCUT2D eigenvalue weighted by Crippen LogP contribution is 2.15. The van der Waals surface area contributed by atoms with E-state index >= 15 is 0 Å². The number of hydrogen-bond donors (Lipinski definition) is 1. The standard InChI is InChI=1S/C8H8F2N2/c1-5(11)6-3-2-4-7(12-6)8(9)10/h2-4,8,11H,1H3. The van der Waals surface area contributed by atoms with Gasteiger partial charge in [0, 0.05) is 0 Å². The lowest BCUT2D eigenvalue weighted by atomic mass is 10.2. The maximum atomic E-state index is 12.1. The summed E-state index contributed by atoms with van der Waals surface area (Å²) in [5.74, 6) is 0. The first-order chi connectivity index (χ1) is 5.61. The van der Waals surface area contributed by atoms with Gasteiger partial charge in [-0.25, -0.2) is 13.8 Å². The van der Waals surface area contributed by atoms with Gasteiger partial charge in [-0.05, 0) is 19.1 Å². The quantitative estimate of drug-likeness (QED) is 0.680. The largest absolute Gasteiger partial charge is 0.303 e. The molecule has 12 heavy (non-hydrogen) atoms. The van der Waals surface area contributed by atoms with Crippen LogP contribution >= 0.6 is 0 Å². The lowest BCUT2D eigenvalue weighted by Gasteiger charge is -2.00. The van der Waals surface area contributed by atoms with Gasteiger partial charge in [0.2, 0.25) is 0 Å². The molecule has 0 saturated carbocycles. The van der Waals surface area contributed by atoms with Crippen LogP contribution in [0, 0.1) is 5.41 Å². The van der Waals surface area contributed by atoms with E-state index < -0.39 is 6.43 Å². The Balaban J connectivity index is 3.04. The fourth-order valence-electron chi connectivity index (χ4n) is 0.782. The fourth-order valence-corrected chi connectivity index (χ4v) is 0.782. The molecule has 0 saturated heterocycles. The fraction of sp³-hybridized carbons (Fsp3) is 0.250. The van der Waals surface area contributed by atoms with Crippen molar-refractivity contribution in [2.45, 2.75) is 13.3 Å². The smallest absolute Gasteiger partial charge is 0.280 e. The van der Waals surface area contributed by atoms with Crippen LogP contribution in [0.25, 0.3) is 0 Å². The Kier molecular flexibility index (Phi) is 2.47. The number of rotatable bonds is 2. The molecule has 1 rings (SSSR count). The number of alkyl halides is 2. The second-order valence-electron chi connectivity index (χ2n) is 2.37. The molecule has 0 bridgehead atoms. The molecule has 0 amide bonds. The van der Waals surface area contributed by atoms with Gasteiger partial charge in [0.1, 0.15) is 5.69 Å². The number of nitrogens with one attached hydrogen (secondary N) is 1. The molecule has 4 heteroatoms. The molecule has 64 valence electrons. The lowest BCUT2D eigenvalue weighted by molar-refractivity contribution is 0.146. The molecular weight excluding hydrogens is 162 g/mol. The minimum Gasteiger partial charge on any atom is -0.303 e. The second-order valence-corrected chi connectivity index (χ2v) is 2.37. The number of hydrogen-bond acceptors (Lipinski definition) is 2. The Morgan fingerprint density at radius 1 is 1.50 bits per heavy atom. The van der Waals surface area contributed by atoms with Gasteiger partial charge >= 0.3 is 0 Å². The van der Waals surface area contributed by atoms with Crippen LogP contribution < -0.4 is 0 Å². The number of aromatic nitrogens is 1. The van der Waals surface area contributed by atoms with E-state index in [9.17, 15) is 8.78 Å². The average Bonchev–Trinajstić information content (AvgIpc) is 2.04. The summed E-state index contributed by atoms with van der Waals surface area (Å²) < 4.78 is 24.2. The van der Waals surface area contributed by atoms with E-state index in [1.165, 1.54) is 25.1 Å². The molecule has 0 spiro atoms. The first kappa shape index (κ1) is 8.77. The third-order valence-electron chi connectivity index (χ3n) is 1.38. The molecule has 1 aromatic heterocycles. The summed E-state index contributed by atoms with van der Waals surface area (Å²) in [7, 11) is 0. The van der Waals surface area contributed by atoms with Crippen molar-refractivity contribution in [1.82, 2.24) is 4.98 Å². The van der Waals surface area contributed by atoms with Gasteiger partial charge < -0.3 is 5.41 Å². The summed E-state index contributed by atoms with van der Waals surface area (Å²) in [4.78, 5) is 3.60. The summed E-state index contributed by atoms with van der Waals surface area (Å²) in [6.45, 7) is 1.51. The van der Waals surface area contributed by atoms with E-state index in [0.29, 0.717) is 5.69 Å². The monoisotopic (exact) mass is 170 g/mol. The normalized spacial score (nSPS) is 10.3. The first-order valence-corrected chi connectivity index (χ1v) is 3.42. The van der Waals surface area contributed by atoms with Crippen LogP contribution in [0.1, 0.15) is 24.7 Å². The average molecular weight is 170 g/mol. The van der Waals surface area contributed by atoms with Crippen molar-refractivity contribution in [1.29, 1.82) is 5.41 Å². The van der Waals surface area contributed by atoms with Gasteiger partial charge in [0.25, 0.3) is 6.43 Å². The van der Waals surface area contributed by atoms with Crippen molar-refractivity contribution in [2.75, 3.05) is 0 Å². The Bertz CT molecular complexity index is 297. The van der Waals surface area contributed by atoms with Gasteiger partial charge in [0.15, 0.2) is 0 Å². The van der Waals surface area contributed by atoms with Gasteiger partial charge in [0.05, 0.1) is 11.4 Å². The van der Waals surface area contributed by atoms with Crippen LogP contribution in [0.5, 0.6) is 0 Å². The molecule has 1 heterocycles. The Morgan fingerprint density at radius 2 is 2.17 bits per heavy atom. The molecule has 0 aliphatic heterocycles. The maximum absolute atomic E-state index is 12.1. The zero-order valence-electron chi connectivity index (χ0n) is 6.51. The van der Waals surface area contributed by atoms with Crippen molar-refractivity contribution < 1.29 is 8.78 Å². The zero-order valence-corrected chi connectivity index (χ0v) is 6.51. The predicted molar refractivity (Wildman–Crippen MR) is 41.7 cm³/mol. The van der Waals surface area contributed by atoms with E-state index in [1.54, 1.807) is 0 Å². The third kappa shape index (κ3) is 1.84. The summed E-state index contributed by atoms with van der Waals surface area (Å²) >= 11 is 0.